The first-order chi connectivity index (χ1) is 8.58. The highest BCUT2D eigenvalue weighted by molar-refractivity contribution is 6.30. The van der Waals surface area contributed by atoms with Crippen molar-refractivity contribution in [2.45, 2.75) is 6.54 Å². The Labute approximate surface area is 108 Å². The minimum atomic E-state index is -0.481. The molecule has 1 aromatic carbocycles. The molecule has 0 aliphatic heterocycles. The zero-order valence-corrected chi connectivity index (χ0v) is 10.3. The van der Waals surface area contributed by atoms with E-state index < -0.39 is 4.92 Å². The maximum atomic E-state index is 10.9. The fraction of sp³-hybridized carbons (Fsp3) is 0.200. The molecule has 1 N–H and O–H groups in total. The maximum absolute atomic E-state index is 10.9. The molecule has 0 saturated carbocycles. The van der Waals surface area contributed by atoms with Gasteiger partial charge in [-0.2, -0.15) is 0 Å². The molecular weight excluding hydrogens is 258 g/mol. The molecule has 94 valence electrons. The molecule has 0 amide bonds. The van der Waals surface area contributed by atoms with Gasteiger partial charge in [0.15, 0.2) is 5.82 Å². The second-order valence-corrected chi connectivity index (χ2v) is 4.07. The van der Waals surface area contributed by atoms with Gasteiger partial charge >= 0.3 is 0 Å². The van der Waals surface area contributed by atoms with Crippen LogP contribution in [0.5, 0.6) is 0 Å². The Morgan fingerprint density at radius 1 is 1.56 bits per heavy atom. The van der Waals surface area contributed by atoms with Crippen LogP contribution in [0.3, 0.4) is 0 Å². The Morgan fingerprint density at radius 2 is 2.33 bits per heavy atom. The number of nitrogens with one attached hydrogen (secondary N) is 1. The summed E-state index contributed by atoms with van der Waals surface area (Å²) >= 11 is 5.73. The lowest BCUT2D eigenvalue weighted by Crippen LogP contribution is -2.07. The van der Waals surface area contributed by atoms with E-state index in [1.54, 1.807) is 30.1 Å². The van der Waals surface area contributed by atoms with Gasteiger partial charge in [0.1, 0.15) is 12.0 Å². The van der Waals surface area contributed by atoms with Gasteiger partial charge < -0.3 is 9.88 Å². The number of nitrogens with zero attached hydrogens (tertiary/aromatic N) is 4. The molecule has 18 heavy (non-hydrogen) atoms. The minimum absolute atomic E-state index is 0.0651. The molecule has 0 fully saturated rings. The number of rotatable bonds is 4. The van der Waals surface area contributed by atoms with E-state index in [0.29, 0.717) is 23.1 Å². The largest absolute Gasteiger partial charge is 0.372 e. The molecule has 0 radical (unpaired) electrons. The molecule has 0 atom stereocenters. The van der Waals surface area contributed by atoms with Crippen LogP contribution in [0.25, 0.3) is 0 Å². The van der Waals surface area contributed by atoms with Crippen LogP contribution < -0.4 is 5.32 Å². The number of anilines is 1. The Hall–Kier alpha value is -2.15. The molecule has 0 unspecified atom stereocenters. The first-order valence-electron chi connectivity index (χ1n) is 5.08. The summed E-state index contributed by atoms with van der Waals surface area (Å²) in [5, 5.41) is 21.7. The fourth-order valence-electron chi connectivity index (χ4n) is 1.45. The van der Waals surface area contributed by atoms with Gasteiger partial charge in [0.25, 0.3) is 5.69 Å². The zero-order valence-electron chi connectivity index (χ0n) is 9.50. The third-order valence-electron chi connectivity index (χ3n) is 2.40. The summed E-state index contributed by atoms with van der Waals surface area (Å²) < 4.78 is 1.73. The predicted octanol–water partition coefficient (Wildman–Crippen LogP) is 1.99. The molecule has 1 heterocycles. The average molecular weight is 268 g/mol. The number of nitro benzene ring substituents is 1. The van der Waals surface area contributed by atoms with E-state index in [1.165, 1.54) is 6.07 Å². The summed E-state index contributed by atoms with van der Waals surface area (Å²) in [5.74, 6) is 0.680. The fourth-order valence-corrected chi connectivity index (χ4v) is 1.61. The van der Waals surface area contributed by atoms with Crippen LogP contribution in [0.2, 0.25) is 5.02 Å². The zero-order chi connectivity index (χ0) is 13.1. The van der Waals surface area contributed by atoms with Crippen LogP contribution in [0.4, 0.5) is 11.4 Å². The minimum Gasteiger partial charge on any atom is -0.372 e. The van der Waals surface area contributed by atoms with E-state index in [9.17, 15) is 10.1 Å². The molecule has 7 nitrogen and oxygen atoms in total. The highest BCUT2D eigenvalue weighted by atomic mass is 35.5. The van der Waals surface area contributed by atoms with Crippen molar-refractivity contribution in [1.29, 1.82) is 0 Å². The molecule has 2 rings (SSSR count). The first-order valence-corrected chi connectivity index (χ1v) is 5.46. The van der Waals surface area contributed by atoms with Crippen LogP contribution in [0, 0.1) is 10.1 Å². The molecule has 0 bridgehead atoms. The third kappa shape index (κ3) is 2.57. The third-order valence-corrected chi connectivity index (χ3v) is 2.63. The smallest absolute Gasteiger partial charge is 0.293 e. The number of halogens is 1. The molecule has 0 saturated heterocycles. The summed E-state index contributed by atoms with van der Waals surface area (Å²) in [6.45, 7) is 0.346. The van der Waals surface area contributed by atoms with Crippen LogP contribution in [0.1, 0.15) is 5.82 Å². The maximum Gasteiger partial charge on any atom is 0.293 e. The van der Waals surface area contributed by atoms with Gasteiger partial charge in [-0.1, -0.05) is 11.6 Å². The number of aryl methyl sites for hydroxylation is 1. The Morgan fingerprint density at radius 3 is 2.94 bits per heavy atom. The number of nitro groups is 1. The second-order valence-electron chi connectivity index (χ2n) is 3.63. The average Bonchev–Trinajstić information content (AvgIpc) is 2.73. The quantitative estimate of drug-likeness (QED) is 0.676. The van der Waals surface area contributed by atoms with Gasteiger partial charge in [-0.25, -0.2) is 0 Å². The highest BCUT2D eigenvalue weighted by Gasteiger charge is 2.14. The number of benzene rings is 1. The number of hydrogen-bond acceptors (Lipinski definition) is 5. The lowest BCUT2D eigenvalue weighted by Gasteiger charge is -2.06. The lowest BCUT2D eigenvalue weighted by molar-refractivity contribution is -0.383. The molecule has 0 spiro atoms. The molecule has 0 aliphatic carbocycles. The van der Waals surface area contributed by atoms with E-state index >= 15 is 0 Å². The normalized spacial score (nSPS) is 10.3. The lowest BCUT2D eigenvalue weighted by atomic mass is 10.2. The molecule has 8 heteroatoms. The topological polar surface area (TPSA) is 85.9 Å². The highest BCUT2D eigenvalue weighted by Crippen LogP contribution is 2.27. The van der Waals surface area contributed by atoms with E-state index in [1.807, 2.05) is 0 Å². The van der Waals surface area contributed by atoms with Crippen molar-refractivity contribution in [2.24, 2.45) is 7.05 Å². The Balaban J connectivity index is 2.19. The molecule has 1 aromatic heterocycles. The number of aromatic nitrogens is 3. The first kappa shape index (κ1) is 12.3. The van der Waals surface area contributed by atoms with Crippen molar-refractivity contribution in [2.75, 3.05) is 5.32 Å². The molecule has 0 aliphatic rings. The standard InChI is InChI=1S/C10H10ClN5O2/c1-15-6-13-14-10(15)5-12-8-3-2-7(11)4-9(8)16(17)18/h2-4,6,12H,5H2,1H3. The van der Waals surface area contributed by atoms with Crippen molar-refractivity contribution >= 4 is 23.0 Å². The second kappa shape index (κ2) is 5.01. The van der Waals surface area contributed by atoms with Crippen molar-refractivity contribution in [3.8, 4) is 0 Å². The van der Waals surface area contributed by atoms with Crippen molar-refractivity contribution in [3.63, 3.8) is 0 Å². The van der Waals surface area contributed by atoms with E-state index in [-0.39, 0.29) is 5.69 Å². The summed E-state index contributed by atoms with van der Waals surface area (Å²) in [7, 11) is 1.80. The summed E-state index contributed by atoms with van der Waals surface area (Å²) in [6.07, 6.45) is 1.56. The molecular formula is C10H10ClN5O2. The van der Waals surface area contributed by atoms with Crippen LogP contribution in [-0.2, 0) is 13.6 Å². The number of hydrogen-bond donors (Lipinski definition) is 1. The van der Waals surface area contributed by atoms with Crippen LogP contribution in [0.15, 0.2) is 24.5 Å². The predicted molar refractivity (Wildman–Crippen MR) is 66.4 cm³/mol. The Kier molecular flexibility index (Phi) is 3.42. The summed E-state index contributed by atoms with van der Waals surface area (Å²) in [5.41, 5.74) is 0.331. The van der Waals surface area contributed by atoms with Crippen LogP contribution >= 0.6 is 11.6 Å². The summed E-state index contributed by atoms with van der Waals surface area (Å²) in [4.78, 5) is 10.4. The van der Waals surface area contributed by atoms with Gasteiger partial charge in [0.05, 0.1) is 11.5 Å². The summed E-state index contributed by atoms with van der Waals surface area (Å²) in [6, 6.07) is 4.46. The van der Waals surface area contributed by atoms with Crippen molar-refractivity contribution in [1.82, 2.24) is 14.8 Å². The van der Waals surface area contributed by atoms with E-state index in [0.717, 1.165) is 0 Å². The monoisotopic (exact) mass is 267 g/mol. The Bertz CT molecular complexity index is 583. The van der Waals surface area contributed by atoms with Crippen molar-refractivity contribution in [3.05, 3.63) is 45.5 Å². The van der Waals surface area contributed by atoms with Gasteiger partial charge in [0, 0.05) is 18.1 Å². The van der Waals surface area contributed by atoms with E-state index in [4.69, 9.17) is 11.6 Å². The molecule has 2 aromatic rings. The van der Waals surface area contributed by atoms with Crippen LogP contribution in [-0.4, -0.2) is 19.7 Å². The van der Waals surface area contributed by atoms with Gasteiger partial charge in [-0.15, -0.1) is 10.2 Å². The van der Waals surface area contributed by atoms with Gasteiger partial charge in [-0.3, -0.25) is 10.1 Å². The van der Waals surface area contributed by atoms with Crippen molar-refractivity contribution < 1.29 is 4.92 Å². The SMILES string of the molecule is Cn1cnnc1CNc1ccc(Cl)cc1[N+](=O)[O-]. The van der Waals surface area contributed by atoms with Gasteiger partial charge in [0.2, 0.25) is 0 Å². The van der Waals surface area contributed by atoms with Gasteiger partial charge in [-0.05, 0) is 12.1 Å². The van der Waals surface area contributed by atoms with E-state index in [2.05, 4.69) is 15.5 Å².